The molecular formula is C5H8N2O2S2. The van der Waals surface area contributed by atoms with Crippen LogP contribution >= 0.6 is 11.3 Å². The van der Waals surface area contributed by atoms with Gasteiger partial charge in [0.15, 0.2) is 0 Å². The Kier molecular flexibility index (Phi) is 2.17. The first-order valence-electron chi connectivity index (χ1n) is 2.81. The van der Waals surface area contributed by atoms with Crippen LogP contribution in [0.2, 0.25) is 0 Å². The van der Waals surface area contributed by atoms with Crippen molar-refractivity contribution in [2.24, 2.45) is 5.14 Å². The second-order valence-corrected chi connectivity index (χ2v) is 4.72. The largest absolute Gasteiger partial charge is 0.391 e. The minimum atomic E-state index is -3.41. The number of nitrogen functional groups attached to an aromatic ring is 1. The van der Waals surface area contributed by atoms with Gasteiger partial charge in [-0.2, -0.15) is 0 Å². The van der Waals surface area contributed by atoms with Crippen molar-refractivity contribution in [1.29, 1.82) is 0 Å². The van der Waals surface area contributed by atoms with Crippen LogP contribution in [-0.4, -0.2) is 8.42 Å². The summed E-state index contributed by atoms with van der Waals surface area (Å²) in [7, 11) is -3.41. The Balaban J connectivity index is 2.81. The molecule has 1 rings (SSSR count). The van der Waals surface area contributed by atoms with Crippen LogP contribution in [-0.2, 0) is 15.8 Å². The summed E-state index contributed by atoms with van der Waals surface area (Å²) in [6, 6.07) is 1.61. The van der Waals surface area contributed by atoms with Gasteiger partial charge in [-0.05, 0) is 17.0 Å². The topological polar surface area (TPSA) is 86.2 Å². The Morgan fingerprint density at radius 1 is 1.55 bits per heavy atom. The fourth-order valence-electron chi connectivity index (χ4n) is 0.702. The van der Waals surface area contributed by atoms with E-state index in [0.717, 1.165) is 0 Å². The fraction of sp³-hybridized carbons (Fsp3) is 0.200. The van der Waals surface area contributed by atoms with Gasteiger partial charge in [-0.25, -0.2) is 13.6 Å². The van der Waals surface area contributed by atoms with Crippen LogP contribution in [0, 0.1) is 0 Å². The molecule has 0 atom stereocenters. The molecule has 0 bridgehead atoms. The summed E-state index contributed by atoms with van der Waals surface area (Å²) < 4.78 is 21.1. The molecule has 4 N–H and O–H groups in total. The summed E-state index contributed by atoms with van der Waals surface area (Å²) in [5.41, 5.74) is 6.03. The first-order valence-corrected chi connectivity index (χ1v) is 5.40. The van der Waals surface area contributed by atoms with E-state index in [9.17, 15) is 8.42 Å². The molecule has 0 unspecified atom stereocenters. The number of hydrogen-bond donors (Lipinski definition) is 2. The number of primary sulfonamides is 1. The SMILES string of the molecule is Nc1cc(CS(N)(=O)=O)cs1. The van der Waals surface area contributed by atoms with Crippen molar-refractivity contribution in [3.05, 3.63) is 17.0 Å². The van der Waals surface area contributed by atoms with Crippen molar-refractivity contribution in [3.8, 4) is 0 Å². The molecule has 0 fully saturated rings. The van der Waals surface area contributed by atoms with E-state index in [0.29, 0.717) is 10.6 Å². The lowest BCUT2D eigenvalue weighted by Gasteiger charge is -1.91. The van der Waals surface area contributed by atoms with Crippen LogP contribution in [0.1, 0.15) is 5.56 Å². The highest BCUT2D eigenvalue weighted by Crippen LogP contribution is 2.17. The summed E-state index contributed by atoms with van der Waals surface area (Å²) >= 11 is 1.30. The molecule has 4 nitrogen and oxygen atoms in total. The molecule has 0 saturated heterocycles. The summed E-state index contributed by atoms with van der Waals surface area (Å²) in [5, 5.41) is 7.09. The molecule has 1 heterocycles. The summed E-state index contributed by atoms with van der Waals surface area (Å²) in [5.74, 6) is -0.138. The molecule has 0 radical (unpaired) electrons. The van der Waals surface area contributed by atoms with Crippen molar-refractivity contribution < 1.29 is 8.42 Å². The Bertz CT molecular complexity index is 341. The minimum absolute atomic E-state index is 0.138. The maximum Gasteiger partial charge on any atom is 0.213 e. The molecule has 0 saturated carbocycles. The van der Waals surface area contributed by atoms with Crippen molar-refractivity contribution in [2.75, 3.05) is 5.73 Å². The predicted molar refractivity (Wildman–Crippen MR) is 45.5 cm³/mol. The minimum Gasteiger partial charge on any atom is -0.391 e. The Labute approximate surface area is 68.9 Å². The van der Waals surface area contributed by atoms with Gasteiger partial charge in [0.2, 0.25) is 10.0 Å². The third kappa shape index (κ3) is 2.87. The lowest BCUT2D eigenvalue weighted by atomic mass is 10.4. The molecule has 1 aromatic heterocycles. The van der Waals surface area contributed by atoms with Crippen LogP contribution < -0.4 is 10.9 Å². The molecule has 6 heteroatoms. The highest BCUT2D eigenvalue weighted by molar-refractivity contribution is 7.88. The molecule has 0 aliphatic carbocycles. The molecular weight excluding hydrogens is 184 g/mol. The number of sulfonamides is 1. The highest BCUT2D eigenvalue weighted by atomic mass is 32.2. The lowest BCUT2D eigenvalue weighted by Crippen LogP contribution is -2.13. The first kappa shape index (κ1) is 8.51. The van der Waals surface area contributed by atoms with E-state index < -0.39 is 10.0 Å². The monoisotopic (exact) mass is 192 g/mol. The van der Waals surface area contributed by atoms with Gasteiger partial charge < -0.3 is 5.73 Å². The van der Waals surface area contributed by atoms with E-state index in [1.807, 2.05) is 0 Å². The Morgan fingerprint density at radius 3 is 2.55 bits per heavy atom. The zero-order valence-electron chi connectivity index (χ0n) is 5.65. The van der Waals surface area contributed by atoms with E-state index in [2.05, 4.69) is 0 Å². The summed E-state index contributed by atoms with van der Waals surface area (Å²) in [4.78, 5) is 0. The van der Waals surface area contributed by atoms with Crippen LogP contribution in [0.15, 0.2) is 11.4 Å². The second-order valence-electron chi connectivity index (χ2n) is 2.16. The highest BCUT2D eigenvalue weighted by Gasteiger charge is 2.05. The second kappa shape index (κ2) is 2.80. The van der Waals surface area contributed by atoms with Gasteiger partial charge in [0.1, 0.15) is 0 Å². The molecule has 1 aromatic rings. The number of hydrogen-bond acceptors (Lipinski definition) is 4. The number of anilines is 1. The van der Waals surface area contributed by atoms with E-state index in [1.54, 1.807) is 11.4 Å². The standard InChI is InChI=1S/C5H8N2O2S2/c6-5-1-4(2-10-5)3-11(7,8)9/h1-2H,3,6H2,(H2,7,8,9). The van der Waals surface area contributed by atoms with Gasteiger partial charge in [-0.15, -0.1) is 11.3 Å². The van der Waals surface area contributed by atoms with Crippen molar-refractivity contribution in [2.45, 2.75) is 5.75 Å². The van der Waals surface area contributed by atoms with E-state index in [-0.39, 0.29) is 5.75 Å². The average molecular weight is 192 g/mol. The quantitative estimate of drug-likeness (QED) is 0.697. The van der Waals surface area contributed by atoms with Gasteiger partial charge in [-0.3, -0.25) is 0 Å². The van der Waals surface area contributed by atoms with E-state index in [1.165, 1.54) is 11.3 Å². The Morgan fingerprint density at radius 2 is 2.18 bits per heavy atom. The lowest BCUT2D eigenvalue weighted by molar-refractivity contribution is 0.597. The predicted octanol–water partition coefficient (Wildman–Crippen LogP) is 0.119. The molecule has 11 heavy (non-hydrogen) atoms. The maximum absolute atomic E-state index is 10.6. The van der Waals surface area contributed by atoms with Crippen LogP contribution in [0.3, 0.4) is 0 Å². The van der Waals surface area contributed by atoms with E-state index >= 15 is 0 Å². The van der Waals surface area contributed by atoms with Crippen molar-refractivity contribution in [1.82, 2.24) is 0 Å². The van der Waals surface area contributed by atoms with Gasteiger partial charge in [0.05, 0.1) is 10.8 Å². The average Bonchev–Trinajstić information content (AvgIpc) is 2.10. The normalized spacial score (nSPS) is 11.7. The third-order valence-corrected chi connectivity index (χ3v) is 2.59. The Hall–Kier alpha value is -0.590. The number of thiophene rings is 1. The fourth-order valence-corrected chi connectivity index (χ4v) is 2.10. The first-order chi connectivity index (χ1) is 4.97. The molecule has 0 amide bonds. The van der Waals surface area contributed by atoms with Gasteiger partial charge >= 0.3 is 0 Å². The summed E-state index contributed by atoms with van der Waals surface area (Å²) in [6.07, 6.45) is 0. The van der Waals surface area contributed by atoms with Gasteiger partial charge in [-0.1, -0.05) is 0 Å². The van der Waals surface area contributed by atoms with Gasteiger partial charge in [0, 0.05) is 0 Å². The molecule has 62 valence electrons. The smallest absolute Gasteiger partial charge is 0.213 e. The van der Waals surface area contributed by atoms with Gasteiger partial charge in [0.25, 0.3) is 0 Å². The van der Waals surface area contributed by atoms with Crippen LogP contribution in [0.4, 0.5) is 5.00 Å². The number of rotatable bonds is 2. The summed E-state index contributed by atoms with van der Waals surface area (Å²) in [6.45, 7) is 0. The zero-order valence-corrected chi connectivity index (χ0v) is 7.28. The van der Waals surface area contributed by atoms with E-state index in [4.69, 9.17) is 10.9 Å². The van der Waals surface area contributed by atoms with Crippen LogP contribution in [0.25, 0.3) is 0 Å². The van der Waals surface area contributed by atoms with Crippen molar-refractivity contribution in [3.63, 3.8) is 0 Å². The molecule has 0 aromatic carbocycles. The van der Waals surface area contributed by atoms with Crippen LogP contribution in [0.5, 0.6) is 0 Å². The molecule has 0 aliphatic heterocycles. The molecule has 0 aliphatic rings. The molecule has 0 spiro atoms. The zero-order chi connectivity index (χ0) is 8.48. The third-order valence-electron chi connectivity index (χ3n) is 1.04. The number of nitrogens with two attached hydrogens (primary N) is 2. The maximum atomic E-state index is 10.6. The van der Waals surface area contributed by atoms with Crippen molar-refractivity contribution >= 4 is 26.4 Å².